The summed E-state index contributed by atoms with van der Waals surface area (Å²) in [6.45, 7) is 6.91. The molecule has 0 aliphatic carbocycles. The van der Waals surface area contributed by atoms with E-state index < -0.39 is 0 Å². The van der Waals surface area contributed by atoms with Crippen LogP contribution in [0.2, 0.25) is 0 Å². The predicted octanol–water partition coefficient (Wildman–Crippen LogP) is 15.2. The van der Waals surface area contributed by atoms with Gasteiger partial charge in [-0.25, -0.2) is 0 Å². The van der Waals surface area contributed by atoms with Crippen LogP contribution in [0.1, 0.15) is 26.3 Å². The van der Waals surface area contributed by atoms with E-state index in [2.05, 4.69) is 235 Å². The molecule has 12 aromatic rings. The SMILES string of the molecule is CC(C)(C)c1cc2c3c(c1)c1c4ccccc4ccc1n3B1c3ccc(N(c4ccccc4)c4ccccc4)cc3N(c3cccc4c3oc3ccccc34)c3c1c-2cc1ccccc31. The zero-order valence-corrected chi connectivity index (χ0v) is 36.4. The highest BCUT2D eigenvalue weighted by molar-refractivity contribution is 6.90. The van der Waals surface area contributed by atoms with Crippen molar-refractivity contribution in [2.75, 3.05) is 9.80 Å². The summed E-state index contributed by atoms with van der Waals surface area (Å²) in [4.78, 5) is 4.93. The van der Waals surface area contributed by atoms with Gasteiger partial charge in [-0.2, -0.15) is 0 Å². The minimum absolute atomic E-state index is 0.0766. The zero-order valence-electron chi connectivity index (χ0n) is 36.4. The van der Waals surface area contributed by atoms with E-state index in [0.29, 0.717) is 0 Å². The van der Waals surface area contributed by atoms with Crippen LogP contribution in [-0.4, -0.2) is 11.3 Å². The van der Waals surface area contributed by atoms with Gasteiger partial charge in [-0.3, -0.25) is 0 Å². The van der Waals surface area contributed by atoms with Gasteiger partial charge in [0.1, 0.15) is 5.58 Å². The predicted molar refractivity (Wildman–Crippen MR) is 276 cm³/mol. The molecule has 0 amide bonds. The van der Waals surface area contributed by atoms with Gasteiger partial charge in [-0.1, -0.05) is 148 Å². The molecule has 0 radical (unpaired) electrons. The summed E-state index contributed by atoms with van der Waals surface area (Å²) in [6, 6.07) is 73.8. The topological polar surface area (TPSA) is 24.6 Å². The lowest BCUT2D eigenvalue weighted by atomic mass is 9.44. The monoisotopic (exact) mass is 831 g/mol. The fourth-order valence-electron chi connectivity index (χ4n) is 11.3. The Labute approximate surface area is 377 Å². The Hall–Kier alpha value is -8.02. The molecule has 14 rings (SSSR count). The number of hydrogen-bond donors (Lipinski definition) is 0. The molecule has 0 fully saturated rings. The summed E-state index contributed by atoms with van der Waals surface area (Å²) in [7, 11) is 0. The highest BCUT2D eigenvalue weighted by atomic mass is 16.3. The van der Waals surface area contributed by atoms with Crippen LogP contribution < -0.4 is 20.7 Å². The van der Waals surface area contributed by atoms with E-state index in [1.54, 1.807) is 0 Å². The number of hydrogen-bond acceptors (Lipinski definition) is 3. The van der Waals surface area contributed by atoms with Crippen molar-refractivity contribution in [3.05, 3.63) is 206 Å². The average Bonchev–Trinajstić information content (AvgIpc) is 3.90. The van der Waals surface area contributed by atoms with Crippen LogP contribution in [0.5, 0.6) is 0 Å². The Bertz CT molecular complexity index is 3910. The normalized spacial score (nSPS) is 13.1. The maximum absolute atomic E-state index is 6.98. The largest absolute Gasteiger partial charge is 0.454 e. The van der Waals surface area contributed by atoms with Crippen LogP contribution in [0.15, 0.2) is 205 Å². The summed E-state index contributed by atoms with van der Waals surface area (Å²) >= 11 is 0. The number of nitrogens with zero attached hydrogens (tertiary/aromatic N) is 3. The van der Waals surface area contributed by atoms with E-state index in [1.807, 2.05) is 0 Å². The fraction of sp³-hybridized carbons (Fsp3) is 0.0667. The standard InChI is InChI=1S/C60H42BN3O/c1-60(2,3)39-34-48-47-33-38-18-11-13-24-44(38)58-56(47)61(64-51-32-29-37-17-10-12-23-43(37)55(51)49(35-39)57(48)64)50-31-30-42(62(40-19-6-4-7-20-40)41-21-8-5-9-22-41)36-53(50)63(58)52-27-16-26-46-45-25-14-15-28-54(45)65-59(46)52/h4-36H,1-3H3. The smallest absolute Gasteiger partial charge is 0.333 e. The third-order valence-corrected chi connectivity index (χ3v) is 14.2. The molecule has 0 atom stereocenters. The van der Waals surface area contributed by atoms with Crippen molar-refractivity contribution >= 4 is 117 Å². The Morgan fingerprint density at radius 3 is 1.94 bits per heavy atom. The van der Waals surface area contributed by atoms with Crippen LogP contribution >= 0.6 is 0 Å². The van der Waals surface area contributed by atoms with E-state index in [9.17, 15) is 0 Å². The second-order valence-corrected chi connectivity index (χ2v) is 18.9. The summed E-state index contributed by atoms with van der Waals surface area (Å²) in [5.41, 5.74) is 17.3. The summed E-state index contributed by atoms with van der Waals surface area (Å²) in [5.74, 6) is 0. The van der Waals surface area contributed by atoms with E-state index in [-0.39, 0.29) is 12.3 Å². The fourth-order valence-corrected chi connectivity index (χ4v) is 11.3. The minimum Gasteiger partial charge on any atom is -0.454 e. The number of benzene rings is 10. The summed E-state index contributed by atoms with van der Waals surface area (Å²) < 4.78 is 9.68. The van der Waals surface area contributed by atoms with Gasteiger partial charge in [0.05, 0.1) is 11.4 Å². The Morgan fingerprint density at radius 1 is 0.492 bits per heavy atom. The van der Waals surface area contributed by atoms with Crippen molar-refractivity contribution in [3.63, 3.8) is 0 Å². The molecule has 0 unspecified atom stereocenters. The molecule has 0 bridgehead atoms. The summed E-state index contributed by atoms with van der Waals surface area (Å²) in [6.07, 6.45) is 0. The van der Waals surface area contributed by atoms with E-state index in [0.717, 1.165) is 50.4 Å². The number of rotatable bonds is 4. The quantitative estimate of drug-likeness (QED) is 0.165. The van der Waals surface area contributed by atoms with Gasteiger partial charge >= 0.3 is 6.85 Å². The molecule has 2 aromatic heterocycles. The molecule has 0 N–H and O–H groups in total. The van der Waals surface area contributed by atoms with Crippen molar-refractivity contribution < 1.29 is 4.42 Å². The van der Waals surface area contributed by atoms with Crippen molar-refractivity contribution in [2.45, 2.75) is 26.2 Å². The van der Waals surface area contributed by atoms with E-state index >= 15 is 0 Å². The number of aromatic nitrogens is 1. The maximum Gasteiger partial charge on any atom is 0.333 e. The lowest BCUT2D eigenvalue weighted by molar-refractivity contribution is 0.591. The molecule has 2 aliphatic heterocycles. The van der Waals surface area contributed by atoms with Gasteiger partial charge in [-0.15, -0.1) is 0 Å². The van der Waals surface area contributed by atoms with Gasteiger partial charge in [0.15, 0.2) is 5.58 Å². The van der Waals surface area contributed by atoms with Gasteiger partial charge in [0, 0.05) is 66.3 Å². The Morgan fingerprint density at radius 2 is 1.17 bits per heavy atom. The average molecular weight is 832 g/mol. The highest BCUT2D eigenvalue weighted by Crippen LogP contribution is 2.52. The first-order valence-electron chi connectivity index (χ1n) is 22.7. The minimum atomic E-state index is -0.129. The number of anilines is 6. The molecule has 65 heavy (non-hydrogen) atoms. The molecule has 306 valence electrons. The zero-order chi connectivity index (χ0) is 43.1. The first kappa shape index (κ1) is 36.5. The van der Waals surface area contributed by atoms with Crippen LogP contribution in [0.25, 0.3) is 76.4 Å². The van der Waals surface area contributed by atoms with Crippen LogP contribution in [0.4, 0.5) is 34.1 Å². The first-order chi connectivity index (χ1) is 31.9. The second kappa shape index (κ2) is 13.3. The maximum atomic E-state index is 6.98. The van der Waals surface area contributed by atoms with Crippen LogP contribution in [0, 0.1) is 0 Å². The van der Waals surface area contributed by atoms with Crippen molar-refractivity contribution in [3.8, 4) is 11.1 Å². The van der Waals surface area contributed by atoms with Gasteiger partial charge < -0.3 is 18.7 Å². The Kier molecular flexibility index (Phi) is 7.44. The highest BCUT2D eigenvalue weighted by Gasteiger charge is 2.45. The van der Waals surface area contributed by atoms with E-state index in [4.69, 9.17) is 4.42 Å². The Balaban J connectivity index is 1.17. The van der Waals surface area contributed by atoms with Gasteiger partial charge in [0.2, 0.25) is 0 Å². The van der Waals surface area contributed by atoms with Crippen LogP contribution in [-0.2, 0) is 5.41 Å². The molecule has 2 aliphatic rings. The third kappa shape index (κ3) is 5.09. The van der Waals surface area contributed by atoms with Gasteiger partial charge in [-0.05, 0) is 116 Å². The van der Waals surface area contributed by atoms with Crippen molar-refractivity contribution in [1.29, 1.82) is 0 Å². The number of furan rings is 1. The lowest BCUT2D eigenvalue weighted by Gasteiger charge is -2.42. The molecule has 0 spiro atoms. The van der Waals surface area contributed by atoms with Crippen LogP contribution in [0.3, 0.4) is 0 Å². The molecule has 4 heterocycles. The molecule has 4 nitrogen and oxygen atoms in total. The first-order valence-corrected chi connectivity index (χ1v) is 22.7. The third-order valence-electron chi connectivity index (χ3n) is 14.2. The molecular weight excluding hydrogens is 789 g/mol. The van der Waals surface area contributed by atoms with Crippen molar-refractivity contribution in [1.82, 2.24) is 4.48 Å². The van der Waals surface area contributed by atoms with Crippen molar-refractivity contribution in [2.24, 2.45) is 0 Å². The number of para-hydroxylation sites is 4. The molecule has 0 saturated carbocycles. The molecular formula is C60H42BN3O. The van der Waals surface area contributed by atoms with Gasteiger partial charge in [0.25, 0.3) is 0 Å². The summed E-state index contributed by atoms with van der Waals surface area (Å²) in [5, 5.41) is 9.80. The molecule has 5 heteroatoms. The molecule has 10 aromatic carbocycles. The molecule has 0 saturated heterocycles. The second-order valence-electron chi connectivity index (χ2n) is 18.9. The lowest BCUT2D eigenvalue weighted by Crippen LogP contribution is -2.56. The number of fused-ring (bicyclic) bond motifs is 14. The van der Waals surface area contributed by atoms with E-state index in [1.165, 1.54) is 76.7 Å².